The Hall–Kier alpha value is 0.270. The molecule has 0 spiro atoms. The molecule has 2 unspecified atom stereocenters. The molecule has 0 aliphatic carbocycles. The third kappa shape index (κ3) is 1.42. The molecule has 0 bridgehead atoms. The first-order valence-corrected chi connectivity index (χ1v) is 5.99. The van der Waals surface area contributed by atoms with Crippen LogP contribution in [0.5, 0.6) is 0 Å². The van der Waals surface area contributed by atoms with Crippen molar-refractivity contribution in [3.8, 4) is 0 Å². The van der Waals surface area contributed by atoms with Crippen molar-refractivity contribution in [1.29, 1.82) is 0 Å². The van der Waals surface area contributed by atoms with Crippen molar-refractivity contribution in [2.45, 2.75) is 31.8 Å². The van der Waals surface area contributed by atoms with Crippen LogP contribution in [0.3, 0.4) is 0 Å². The van der Waals surface area contributed by atoms with Gasteiger partial charge >= 0.3 is 0 Å². The number of hydrogen-bond acceptors (Lipinski definition) is 2. The van der Waals surface area contributed by atoms with Gasteiger partial charge in [0, 0.05) is 0 Å². The van der Waals surface area contributed by atoms with Gasteiger partial charge in [0.1, 0.15) is 23.7 Å². The first kappa shape index (κ1) is 7.90. The summed E-state index contributed by atoms with van der Waals surface area (Å²) in [6, 6.07) is 0. The fourth-order valence-corrected chi connectivity index (χ4v) is 3.64. The highest BCUT2D eigenvalue weighted by Gasteiger charge is 2.50. The van der Waals surface area contributed by atoms with Gasteiger partial charge in [-0.05, 0) is 24.7 Å². The lowest BCUT2D eigenvalue weighted by atomic mass is 10.3. The van der Waals surface area contributed by atoms with Gasteiger partial charge in [0.05, 0.1) is 6.26 Å². The summed E-state index contributed by atoms with van der Waals surface area (Å²) in [5, 5.41) is 0. The van der Waals surface area contributed by atoms with E-state index < -0.39 is 0 Å². The SMILES string of the molecule is C[S+]1CC2OC(C)(C)OC2C1. The lowest BCUT2D eigenvalue weighted by molar-refractivity contribution is -0.143. The van der Waals surface area contributed by atoms with E-state index in [-0.39, 0.29) is 5.79 Å². The number of fused-ring (bicyclic) bond motifs is 1. The molecule has 2 aliphatic heterocycles. The minimum absolute atomic E-state index is 0.319. The molecule has 0 saturated carbocycles. The second kappa shape index (κ2) is 2.38. The molecule has 2 nitrogen and oxygen atoms in total. The molecular weight excluding hydrogens is 160 g/mol. The van der Waals surface area contributed by atoms with Crippen molar-refractivity contribution in [3.63, 3.8) is 0 Å². The molecule has 0 aromatic rings. The van der Waals surface area contributed by atoms with E-state index in [1.807, 2.05) is 13.8 Å². The summed E-state index contributed by atoms with van der Waals surface area (Å²) >= 11 is 0. The Morgan fingerprint density at radius 2 is 1.64 bits per heavy atom. The first-order valence-electron chi connectivity index (χ1n) is 4.02. The molecule has 2 rings (SSSR count). The highest BCUT2D eigenvalue weighted by atomic mass is 32.2. The van der Waals surface area contributed by atoms with Gasteiger partial charge in [-0.3, -0.25) is 0 Å². The van der Waals surface area contributed by atoms with Crippen molar-refractivity contribution in [2.24, 2.45) is 0 Å². The second-order valence-electron chi connectivity index (χ2n) is 3.83. The molecule has 2 saturated heterocycles. The van der Waals surface area contributed by atoms with Crippen molar-refractivity contribution in [2.75, 3.05) is 17.8 Å². The van der Waals surface area contributed by atoms with Crippen LogP contribution in [0.4, 0.5) is 0 Å². The van der Waals surface area contributed by atoms with E-state index in [9.17, 15) is 0 Å². The van der Waals surface area contributed by atoms with Gasteiger partial charge in [-0.1, -0.05) is 0 Å². The molecule has 0 aromatic carbocycles. The maximum absolute atomic E-state index is 5.73. The summed E-state index contributed by atoms with van der Waals surface area (Å²) in [4.78, 5) is 0. The van der Waals surface area contributed by atoms with Crippen LogP contribution in [0.25, 0.3) is 0 Å². The van der Waals surface area contributed by atoms with Crippen LogP contribution < -0.4 is 0 Å². The van der Waals surface area contributed by atoms with E-state index in [1.165, 1.54) is 11.5 Å². The zero-order chi connectivity index (χ0) is 8.06. The highest BCUT2D eigenvalue weighted by Crippen LogP contribution is 2.33. The smallest absolute Gasteiger partial charge is 0.164 e. The van der Waals surface area contributed by atoms with Gasteiger partial charge < -0.3 is 9.47 Å². The van der Waals surface area contributed by atoms with Crippen molar-refractivity contribution >= 4 is 10.9 Å². The van der Waals surface area contributed by atoms with Crippen LogP contribution in [-0.2, 0) is 20.4 Å². The monoisotopic (exact) mass is 175 g/mol. The Morgan fingerprint density at radius 1 is 1.18 bits per heavy atom. The lowest BCUT2D eigenvalue weighted by Crippen LogP contribution is -2.24. The maximum atomic E-state index is 5.73. The van der Waals surface area contributed by atoms with E-state index in [1.54, 1.807) is 0 Å². The predicted octanol–water partition coefficient (Wildman–Crippen LogP) is 0.768. The van der Waals surface area contributed by atoms with Crippen molar-refractivity contribution in [3.05, 3.63) is 0 Å². The Kier molecular flexibility index (Phi) is 1.71. The molecule has 2 aliphatic rings. The molecule has 2 fully saturated rings. The van der Waals surface area contributed by atoms with E-state index in [2.05, 4.69) is 6.26 Å². The second-order valence-corrected chi connectivity index (χ2v) is 6.06. The topological polar surface area (TPSA) is 18.5 Å². The molecule has 3 heteroatoms. The van der Waals surface area contributed by atoms with Crippen LogP contribution in [-0.4, -0.2) is 35.8 Å². The normalized spacial score (nSPS) is 47.7. The van der Waals surface area contributed by atoms with Crippen molar-refractivity contribution < 1.29 is 9.47 Å². The number of hydrogen-bond donors (Lipinski definition) is 0. The van der Waals surface area contributed by atoms with Gasteiger partial charge in [-0.15, -0.1) is 0 Å². The fraction of sp³-hybridized carbons (Fsp3) is 1.00. The van der Waals surface area contributed by atoms with Crippen LogP contribution in [0.15, 0.2) is 0 Å². The van der Waals surface area contributed by atoms with Gasteiger partial charge in [0.15, 0.2) is 5.79 Å². The minimum Gasteiger partial charge on any atom is -0.339 e. The van der Waals surface area contributed by atoms with Gasteiger partial charge in [0.25, 0.3) is 0 Å². The Bertz CT molecular complexity index is 153. The van der Waals surface area contributed by atoms with E-state index in [0.29, 0.717) is 23.1 Å². The van der Waals surface area contributed by atoms with Gasteiger partial charge in [-0.25, -0.2) is 0 Å². The lowest BCUT2D eigenvalue weighted by Gasteiger charge is -2.17. The van der Waals surface area contributed by atoms with Crippen LogP contribution in [0.2, 0.25) is 0 Å². The summed E-state index contributed by atoms with van der Waals surface area (Å²) < 4.78 is 11.5. The van der Waals surface area contributed by atoms with E-state index >= 15 is 0 Å². The zero-order valence-corrected chi connectivity index (χ0v) is 8.11. The molecular formula is C8H15O2S+. The Morgan fingerprint density at radius 3 is 2.09 bits per heavy atom. The van der Waals surface area contributed by atoms with E-state index in [0.717, 1.165) is 0 Å². The number of ether oxygens (including phenoxy) is 2. The molecule has 2 atom stereocenters. The molecule has 11 heavy (non-hydrogen) atoms. The molecule has 0 amide bonds. The van der Waals surface area contributed by atoms with Crippen LogP contribution in [0, 0.1) is 0 Å². The average Bonchev–Trinajstić information content (AvgIpc) is 2.17. The van der Waals surface area contributed by atoms with Crippen LogP contribution in [0.1, 0.15) is 13.8 Å². The Labute approximate surface area is 70.6 Å². The zero-order valence-electron chi connectivity index (χ0n) is 7.29. The summed E-state index contributed by atoms with van der Waals surface area (Å²) in [5.41, 5.74) is 0. The molecule has 0 N–H and O–H groups in total. The largest absolute Gasteiger partial charge is 0.339 e. The summed E-state index contributed by atoms with van der Waals surface area (Å²) in [6.07, 6.45) is 3.06. The maximum Gasteiger partial charge on any atom is 0.164 e. The summed E-state index contributed by atoms with van der Waals surface area (Å²) in [7, 11) is 0.535. The fourth-order valence-electron chi connectivity index (χ4n) is 1.82. The first-order chi connectivity index (χ1) is 5.07. The van der Waals surface area contributed by atoms with Crippen molar-refractivity contribution in [1.82, 2.24) is 0 Å². The standard InChI is InChI=1S/C8H15O2S/c1-8(2)9-6-4-11(3)5-7(6)10-8/h6-7H,4-5H2,1-3H3/q+1. The minimum atomic E-state index is -0.319. The summed E-state index contributed by atoms with van der Waals surface area (Å²) in [6.45, 7) is 4.00. The van der Waals surface area contributed by atoms with E-state index in [4.69, 9.17) is 9.47 Å². The quantitative estimate of drug-likeness (QED) is 0.506. The molecule has 64 valence electrons. The van der Waals surface area contributed by atoms with Gasteiger partial charge in [0.2, 0.25) is 0 Å². The molecule has 2 heterocycles. The molecule has 0 radical (unpaired) electrons. The third-order valence-corrected chi connectivity index (χ3v) is 3.98. The number of rotatable bonds is 0. The average molecular weight is 175 g/mol. The van der Waals surface area contributed by atoms with Crippen LogP contribution >= 0.6 is 0 Å². The van der Waals surface area contributed by atoms with Gasteiger partial charge in [-0.2, -0.15) is 0 Å². The summed E-state index contributed by atoms with van der Waals surface area (Å²) in [5.74, 6) is 2.09. The predicted molar refractivity (Wildman–Crippen MR) is 46.8 cm³/mol. The molecule has 0 aromatic heterocycles. The highest BCUT2D eigenvalue weighted by molar-refractivity contribution is 7.96. The Balaban J connectivity index is 2.04. The third-order valence-electron chi connectivity index (χ3n) is 2.18.